The highest BCUT2D eigenvalue weighted by atomic mass is 32.2. The van der Waals surface area contributed by atoms with Crippen molar-refractivity contribution in [3.8, 4) is 11.8 Å². The second kappa shape index (κ2) is 9.12. The Morgan fingerprint density at radius 3 is 2.39 bits per heavy atom. The highest BCUT2D eigenvalue weighted by Crippen LogP contribution is 2.15. The molecule has 0 fully saturated rings. The summed E-state index contributed by atoms with van der Waals surface area (Å²) in [7, 11) is -2.59. The maximum Gasteiger partial charge on any atom is 0.321 e. The van der Waals surface area contributed by atoms with Crippen molar-refractivity contribution in [2.24, 2.45) is 0 Å². The van der Waals surface area contributed by atoms with Crippen LogP contribution in [0.2, 0.25) is 0 Å². The summed E-state index contributed by atoms with van der Waals surface area (Å²) in [6.45, 7) is 0.715. The van der Waals surface area contributed by atoms with Gasteiger partial charge in [-0.05, 0) is 43.3 Å². The molecule has 0 radical (unpaired) electrons. The molecule has 2 aromatic rings. The van der Waals surface area contributed by atoms with E-state index in [1.165, 1.54) is 50.4 Å². The molecule has 1 atom stereocenters. The second-order valence-corrected chi connectivity index (χ2v) is 7.39. The van der Waals surface area contributed by atoms with Crippen LogP contribution >= 0.6 is 0 Å². The molecular formula is C19H18N2O6S. The van der Waals surface area contributed by atoms with E-state index in [1.807, 2.05) is 0 Å². The largest absolute Gasteiger partial charge is 0.497 e. The summed E-state index contributed by atoms with van der Waals surface area (Å²) in [6, 6.07) is 13.6. The molecular weight excluding hydrogens is 384 g/mol. The van der Waals surface area contributed by atoms with Crippen LogP contribution in [0.4, 0.5) is 0 Å². The predicted octanol–water partition coefficient (Wildman–Crippen LogP) is 1.66. The molecule has 9 heteroatoms. The number of rotatable bonds is 8. The number of nitriles is 1. The molecule has 8 nitrogen and oxygen atoms in total. The van der Waals surface area contributed by atoms with Gasteiger partial charge in [-0.3, -0.25) is 9.59 Å². The van der Waals surface area contributed by atoms with Gasteiger partial charge < -0.3 is 9.47 Å². The molecule has 0 spiro atoms. The number of ether oxygens (including phenoxy) is 2. The van der Waals surface area contributed by atoms with Crippen molar-refractivity contribution in [3.63, 3.8) is 0 Å². The maximum absolute atomic E-state index is 12.3. The molecule has 0 aliphatic rings. The van der Waals surface area contributed by atoms with Crippen LogP contribution in [-0.4, -0.2) is 39.9 Å². The van der Waals surface area contributed by atoms with Crippen LogP contribution in [0.3, 0.4) is 0 Å². The number of ketones is 1. The monoisotopic (exact) mass is 402 g/mol. The van der Waals surface area contributed by atoms with E-state index in [9.17, 15) is 18.0 Å². The van der Waals surface area contributed by atoms with Crippen molar-refractivity contribution in [2.45, 2.75) is 17.9 Å². The first-order valence-corrected chi connectivity index (χ1v) is 9.63. The fraction of sp³-hybridized carbons (Fsp3) is 0.211. The number of carbonyl (C=O) groups excluding carboxylic acids is 2. The van der Waals surface area contributed by atoms with E-state index < -0.39 is 34.4 Å². The lowest BCUT2D eigenvalue weighted by Crippen LogP contribution is -2.34. The van der Waals surface area contributed by atoms with Crippen LogP contribution in [0.15, 0.2) is 53.4 Å². The second-order valence-electron chi connectivity index (χ2n) is 5.66. The number of Topliss-reactive ketones (excluding diaryl/α,β-unsaturated/α-hetero) is 1. The Kier molecular flexibility index (Phi) is 6.87. The standard InChI is InChI=1S/C19H18N2O6S/c1-13(19(23)14-7-9-16(26-2)10-8-14)27-18(22)12-21-28(24,25)17-6-4-3-5-15(17)11-20/h3-10,13,21H,12H2,1-2H3/t13-/m0/s1. The zero-order valence-corrected chi connectivity index (χ0v) is 16.0. The number of esters is 1. The van der Waals surface area contributed by atoms with Crippen molar-refractivity contribution in [3.05, 3.63) is 59.7 Å². The summed E-state index contributed by atoms with van der Waals surface area (Å²) < 4.78 is 36.6. The molecule has 0 unspecified atom stereocenters. The average molecular weight is 402 g/mol. The third-order valence-electron chi connectivity index (χ3n) is 3.76. The molecule has 0 heterocycles. The first kappa shape index (κ1) is 21.1. The van der Waals surface area contributed by atoms with Gasteiger partial charge in [-0.1, -0.05) is 12.1 Å². The first-order valence-electron chi connectivity index (χ1n) is 8.15. The Balaban J connectivity index is 1.97. The van der Waals surface area contributed by atoms with E-state index in [0.29, 0.717) is 11.3 Å². The van der Waals surface area contributed by atoms with Gasteiger partial charge in [-0.15, -0.1) is 0 Å². The van der Waals surface area contributed by atoms with Crippen LogP contribution in [-0.2, 0) is 19.6 Å². The van der Waals surface area contributed by atoms with E-state index in [1.54, 1.807) is 18.2 Å². The van der Waals surface area contributed by atoms with Crippen molar-refractivity contribution in [2.75, 3.05) is 13.7 Å². The molecule has 0 saturated heterocycles. The number of nitrogens with zero attached hydrogens (tertiary/aromatic N) is 1. The molecule has 146 valence electrons. The summed E-state index contributed by atoms with van der Waals surface area (Å²) in [4.78, 5) is 24.0. The van der Waals surface area contributed by atoms with Crippen molar-refractivity contribution in [1.82, 2.24) is 4.72 Å². The van der Waals surface area contributed by atoms with E-state index >= 15 is 0 Å². The van der Waals surface area contributed by atoms with Gasteiger partial charge in [0.1, 0.15) is 18.4 Å². The molecule has 1 N–H and O–H groups in total. The van der Waals surface area contributed by atoms with Gasteiger partial charge in [0.05, 0.1) is 17.6 Å². The van der Waals surface area contributed by atoms with Crippen LogP contribution in [0.25, 0.3) is 0 Å². The molecule has 28 heavy (non-hydrogen) atoms. The van der Waals surface area contributed by atoms with Gasteiger partial charge >= 0.3 is 5.97 Å². The highest BCUT2D eigenvalue weighted by Gasteiger charge is 2.23. The summed E-state index contributed by atoms with van der Waals surface area (Å²) in [5.74, 6) is -0.783. The maximum atomic E-state index is 12.3. The molecule has 0 amide bonds. The smallest absolute Gasteiger partial charge is 0.321 e. The van der Waals surface area contributed by atoms with Gasteiger partial charge in [0.25, 0.3) is 0 Å². The van der Waals surface area contributed by atoms with Crippen molar-refractivity contribution < 1.29 is 27.5 Å². The number of carbonyl (C=O) groups is 2. The van der Waals surface area contributed by atoms with Crippen LogP contribution in [0.5, 0.6) is 5.75 Å². The van der Waals surface area contributed by atoms with E-state index in [0.717, 1.165) is 0 Å². The highest BCUT2D eigenvalue weighted by molar-refractivity contribution is 7.89. The quantitative estimate of drug-likeness (QED) is 0.526. The van der Waals surface area contributed by atoms with E-state index in [4.69, 9.17) is 14.7 Å². The lowest BCUT2D eigenvalue weighted by atomic mass is 10.1. The Morgan fingerprint density at radius 1 is 1.14 bits per heavy atom. The molecule has 2 rings (SSSR count). The number of benzene rings is 2. The Labute approximate surface area is 162 Å². The van der Waals surface area contributed by atoms with Crippen LogP contribution in [0, 0.1) is 11.3 Å². The molecule has 0 saturated carbocycles. The van der Waals surface area contributed by atoms with E-state index in [2.05, 4.69) is 4.72 Å². The number of hydrogen-bond acceptors (Lipinski definition) is 7. The van der Waals surface area contributed by atoms with Gasteiger partial charge in [0.15, 0.2) is 6.10 Å². The van der Waals surface area contributed by atoms with E-state index in [-0.39, 0.29) is 10.5 Å². The zero-order valence-electron chi connectivity index (χ0n) is 15.2. The summed E-state index contributed by atoms with van der Waals surface area (Å²) in [5.41, 5.74) is 0.274. The average Bonchev–Trinajstić information content (AvgIpc) is 2.71. The minimum Gasteiger partial charge on any atom is -0.497 e. The fourth-order valence-corrected chi connectivity index (χ4v) is 3.43. The lowest BCUT2D eigenvalue weighted by molar-refractivity contribution is -0.144. The fourth-order valence-electron chi connectivity index (χ4n) is 2.31. The third-order valence-corrected chi connectivity index (χ3v) is 5.21. The van der Waals surface area contributed by atoms with Gasteiger partial charge in [-0.25, -0.2) is 8.42 Å². The summed E-state index contributed by atoms with van der Waals surface area (Å²) >= 11 is 0. The first-order chi connectivity index (χ1) is 13.3. The third kappa shape index (κ3) is 5.16. The Morgan fingerprint density at radius 2 is 1.79 bits per heavy atom. The topological polar surface area (TPSA) is 123 Å². The molecule has 0 aliphatic carbocycles. The number of methoxy groups -OCH3 is 1. The number of sulfonamides is 1. The Bertz CT molecular complexity index is 1010. The summed E-state index contributed by atoms with van der Waals surface area (Å²) in [6.07, 6.45) is -1.10. The van der Waals surface area contributed by atoms with Crippen molar-refractivity contribution >= 4 is 21.8 Å². The SMILES string of the molecule is COc1ccc(C(=O)[C@H](C)OC(=O)CNS(=O)(=O)c2ccccc2C#N)cc1. The normalized spacial score (nSPS) is 11.9. The molecule has 0 aromatic heterocycles. The minimum absolute atomic E-state index is 0.0496. The van der Waals surface area contributed by atoms with Crippen molar-refractivity contribution in [1.29, 1.82) is 5.26 Å². The molecule has 0 bridgehead atoms. The number of hydrogen-bond donors (Lipinski definition) is 1. The lowest BCUT2D eigenvalue weighted by Gasteiger charge is -2.13. The number of nitrogens with one attached hydrogen (secondary N) is 1. The molecule has 2 aromatic carbocycles. The zero-order chi connectivity index (χ0) is 20.7. The molecule has 0 aliphatic heterocycles. The minimum atomic E-state index is -4.09. The van der Waals surface area contributed by atoms with Gasteiger partial charge in [-0.2, -0.15) is 9.98 Å². The summed E-state index contributed by atoms with van der Waals surface area (Å²) in [5, 5.41) is 9.00. The Hall–Kier alpha value is -3.22. The predicted molar refractivity (Wildman–Crippen MR) is 99.2 cm³/mol. The van der Waals surface area contributed by atoms with Crippen LogP contribution < -0.4 is 9.46 Å². The van der Waals surface area contributed by atoms with Gasteiger partial charge in [0.2, 0.25) is 15.8 Å². The van der Waals surface area contributed by atoms with Crippen LogP contribution in [0.1, 0.15) is 22.8 Å². The van der Waals surface area contributed by atoms with Gasteiger partial charge in [0, 0.05) is 5.56 Å².